The lowest BCUT2D eigenvalue weighted by atomic mass is 9.96. The molecule has 0 aromatic heterocycles. The van der Waals surface area contributed by atoms with Crippen LogP contribution >= 0.6 is 0 Å². The number of anilines is 1. The molecule has 156 valence electrons. The van der Waals surface area contributed by atoms with E-state index in [1.807, 2.05) is 32.0 Å². The number of amides is 2. The summed E-state index contributed by atoms with van der Waals surface area (Å²) in [4.78, 5) is 30.6. The molecular formula is C25H28N2O3. The van der Waals surface area contributed by atoms with Gasteiger partial charge in [0, 0.05) is 13.1 Å². The minimum absolute atomic E-state index is 0.243. The smallest absolute Gasteiger partial charge is 0.282 e. The number of carbonyl (C=O) groups is 2. The highest BCUT2D eigenvalue weighted by atomic mass is 16.5. The van der Waals surface area contributed by atoms with Crippen LogP contribution in [0.4, 0.5) is 5.69 Å². The van der Waals surface area contributed by atoms with Crippen LogP contribution in [0.2, 0.25) is 0 Å². The Kier molecular flexibility index (Phi) is 5.37. The average molecular weight is 405 g/mol. The van der Waals surface area contributed by atoms with Crippen molar-refractivity contribution in [1.29, 1.82) is 0 Å². The third-order valence-corrected chi connectivity index (χ3v) is 6.16. The molecule has 30 heavy (non-hydrogen) atoms. The number of aryl methyl sites for hydroxylation is 2. The van der Waals surface area contributed by atoms with Crippen molar-refractivity contribution < 1.29 is 14.3 Å². The molecule has 1 unspecified atom stereocenters. The van der Waals surface area contributed by atoms with E-state index in [4.69, 9.17) is 4.74 Å². The van der Waals surface area contributed by atoms with E-state index in [-0.39, 0.29) is 11.8 Å². The van der Waals surface area contributed by atoms with Gasteiger partial charge in [0.15, 0.2) is 0 Å². The predicted octanol–water partition coefficient (Wildman–Crippen LogP) is 4.33. The summed E-state index contributed by atoms with van der Waals surface area (Å²) in [5, 5.41) is 0. The van der Waals surface area contributed by atoms with Crippen molar-refractivity contribution in [3.63, 3.8) is 0 Å². The molecule has 0 spiro atoms. The minimum atomic E-state index is -0.262. The van der Waals surface area contributed by atoms with Crippen LogP contribution in [0.5, 0.6) is 5.75 Å². The summed E-state index contributed by atoms with van der Waals surface area (Å²) in [6.45, 7) is 7.87. The third kappa shape index (κ3) is 3.49. The molecule has 2 aromatic rings. The fraction of sp³-hybridized carbons (Fsp3) is 0.360. The molecule has 0 radical (unpaired) electrons. The van der Waals surface area contributed by atoms with Gasteiger partial charge in [-0.2, -0.15) is 0 Å². The molecule has 0 aliphatic carbocycles. The molecule has 5 heteroatoms. The first-order valence-electron chi connectivity index (χ1n) is 10.5. The zero-order valence-corrected chi connectivity index (χ0v) is 18.1. The van der Waals surface area contributed by atoms with Crippen LogP contribution in [-0.2, 0) is 9.59 Å². The number of likely N-dealkylation sites (tertiary alicyclic amines) is 1. The molecular weight excluding hydrogens is 376 g/mol. The quantitative estimate of drug-likeness (QED) is 0.712. The Balaban J connectivity index is 1.82. The monoisotopic (exact) mass is 404 g/mol. The van der Waals surface area contributed by atoms with Crippen molar-refractivity contribution in [2.75, 3.05) is 25.1 Å². The van der Waals surface area contributed by atoms with E-state index in [1.165, 1.54) is 4.90 Å². The molecule has 0 saturated carbocycles. The SMILES string of the molecule is COc1ccc(N2C(=O)C(c3ccc(C)c(C)c3)=C(N3CCCC(C)C3)C2=O)cc1. The first-order chi connectivity index (χ1) is 14.4. The number of hydrogen-bond acceptors (Lipinski definition) is 4. The number of piperidine rings is 1. The van der Waals surface area contributed by atoms with E-state index in [2.05, 4.69) is 11.8 Å². The van der Waals surface area contributed by atoms with Gasteiger partial charge in [0.2, 0.25) is 0 Å². The van der Waals surface area contributed by atoms with Crippen molar-refractivity contribution in [3.05, 3.63) is 64.9 Å². The molecule has 2 amide bonds. The van der Waals surface area contributed by atoms with E-state index in [1.54, 1.807) is 31.4 Å². The van der Waals surface area contributed by atoms with Crippen LogP contribution in [0, 0.1) is 19.8 Å². The van der Waals surface area contributed by atoms with E-state index in [9.17, 15) is 9.59 Å². The van der Waals surface area contributed by atoms with Gasteiger partial charge in [0.25, 0.3) is 11.8 Å². The number of hydrogen-bond donors (Lipinski definition) is 0. The Labute approximate surface area is 177 Å². The maximum atomic E-state index is 13.6. The number of benzene rings is 2. The Morgan fingerprint density at radius 3 is 2.33 bits per heavy atom. The third-order valence-electron chi connectivity index (χ3n) is 6.16. The second-order valence-corrected chi connectivity index (χ2v) is 8.36. The Morgan fingerprint density at radius 1 is 0.967 bits per heavy atom. The second-order valence-electron chi connectivity index (χ2n) is 8.36. The largest absolute Gasteiger partial charge is 0.497 e. The van der Waals surface area contributed by atoms with E-state index in [0.29, 0.717) is 28.6 Å². The van der Waals surface area contributed by atoms with Crippen LogP contribution in [0.25, 0.3) is 5.57 Å². The molecule has 2 aromatic carbocycles. The zero-order chi connectivity index (χ0) is 21.4. The van der Waals surface area contributed by atoms with Gasteiger partial charge >= 0.3 is 0 Å². The van der Waals surface area contributed by atoms with Crippen LogP contribution in [0.3, 0.4) is 0 Å². The molecule has 2 heterocycles. The fourth-order valence-corrected chi connectivity index (χ4v) is 4.33. The highest BCUT2D eigenvalue weighted by Gasteiger charge is 2.43. The summed E-state index contributed by atoms with van der Waals surface area (Å²) in [6, 6.07) is 13.0. The maximum absolute atomic E-state index is 13.6. The Bertz CT molecular complexity index is 1020. The van der Waals surface area contributed by atoms with Crippen molar-refractivity contribution in [3.8, 4) is 5.75 Å². The molecule has 2 aliphatic heterocycles. The number of rotatable bonds is 4. The van der Waals surface area contributed by atoms with E-state index in [0.717, 1.165) is 42.6 Å². The normalized spacial score (nSPS) is 19.7. The van der Waals surface area contributed by atoms with Crippen molar-refractivity contribution >= 4 is 23.1 Å². The first kappa shape index (κ1) is 20.2. The fourth-order valence-electron chi connectivity index (χ4n) is 4.33. The summed E-state index contributed by atoms with van der Waals surface area (Å²) < 4.78 is 5.22. The van der Waals surface area contributed by atoms with Crippen LogP contribution in [0.15, 0.2) is 48.2 Å². The Morgan fingerprint density at radius 2 is 1.70 bits per heavy atom. The van der Waals surface area contributed by atoms with Crippen LogP contribution < -0.4 is 9.64 Å². The topological polar surface area (TPSA) is 49.9 Å². The zero-order valence-electron chi connectivity index (χ0n) is 18.1. The van der Waals surface area contributed by atoms with Gasteiger partial charge in [-0.15, -0.1) is 0 Å². The van der Waals surface area contributed by atoms with Gasteiger partial charge in [-0.1, -0.05) is 25.1 Å². The molecule has 2 aliphatic rings. The van der Waals surface area contributed by atoms with Crippen LogP contribution in [-0.4, -0.2) is 36.9 Å². The molecule has 1 fully saturated rings. The maximum Gasteiger partial charge on any atom is 0.282 e. The lowest BCUT2D eigenvalue weighted by Gasteiger charge is -2.33. The highest BCUT2D eigenvalue weighted by molar-refractivity contribution is 6.45. The standard InChI is InChI=1S/C25H28N2O3/c1-16-6-5-13-26(15-16)23-22(19-8-7-17(2)18(3)14-19)24(28)27(25(23)29)20-9-11-21(30-4)12-10-20/h7-12,14,16H,5-6,13,15H2,1-4H3. The van der Waals surface area contributed by atoms with Gasteiger partial charge in [0.1, 0.15) is 11.4 Å². The number of methoxy groups -OCH3 is 1. The van der Waals surface area contributed by atoms with Crippen molar-refractivity contribution in [2.24, 2.45) is 5.92 Å². The molecule has 5 nitrogen and oxygen atoms in total. The van der Waals surface area contributed by atoms with Crippen LogP contribution in [0.1, 0.15) is 36.5 Å². The molecule has 4 rings (SSSR count). The van der Waals surface area contributed by atoms with Crippen molar-refractivity contribution in [1.82, 2.24) is 4.90 Å². The molecule has 0 bridgehead atoms. The van der Waals surface area contributed by atoms with Gasteiger partial charge in [-0.3, -0.25) is 9.59 Å². The first-order valence-corrected chi connectivity index (χ1v) is 10.5. The summed E-state index contributed by atoms with van der Waals surface area (Å²) in [5.74, 6) is 0.671. The lowest BCUT2D eigenvalue weighted by molar-refractivity contribution is -0.120. The average Bonchev–Trinajstić information content (AvgIpc) is 3.00. The Hall–Kier alpha value is -3.08. The van der Waals surface area contributed by atoms with Gasteiger partial charge in [0.05, 0.1) is 18.4 Å². The van der Waals surface area contributed by atoms with Gasteiger partial charge < -0.3 is 9.64 Å². The van der Waals surface area contributed by atoms with Gasteiger partial charge in [-0.25, -0.2) is 4.90 Å². The summed E-state index contributed by atoms with van der Waals surface area (Å²) in [5.41, 5.74) is 4.68. The number of nitrogens with zero attached hydrogens (tertiary/aromatic N) is 2. The molecule has 1 saturated heterocycles. The predicted molar refractivity (Wildman–Crippen MR) is 118 cm³/mol. The summed E-state index contributed by atoms with van der Waals surface area (Å²) >= 11 is 0. The summed E-state index contributed by atoms with van der Waals surface area (Å²) in [6.07, 6.45) is 2.17. The van der Waals surface area contributed by atoms with Crippen molar-refractivity contribution in [2.45, 2.75) is 33.6 Å². The number of carbonyl (C=O) groups excluding carboxylic acids is 2. The van der Waals surface area contributed by atoms with E-state index < -0.39 is 0 Å². The number of ether oxygens (including phenoxy) is 1. The highest BCUT2D eigenvalue weighted by Crippen LogP contribution is 2.37. The number of imide groups is 1. The van der Waals surface area contributed by atoms with Gasteiger partial charge in [-0.05, 0) is 73.6 Å². The lowest BCUT2D eigenvalue weighted by Crippen LogP contribution is -2.39. The summed E-state index contributed by atoms with van der Waals surface area (Å²) in [7, 11) is 1.59. The molecule has 1 atom stereocenters. The van der Waals surface area contributed by atoms with E-state index >= 15 is 0 Å². The molecule has 0 N–H and O–H groups in total. The second kappa shape index (κ2) is 7.98. The minimum Gasteiger partial charge on any atom is -0.497 e.